The number of hydrogen-bond donors (Lipinski definition) is 2. The molecule has 4 rings (SSSR count). The zero-order valence-corrected chi connectivity index (χ0v) is 23.4. The van der Waals surface area contributed by atoms with Crippen molar-refractivity contribution in [1.29, 1.82) is 0 Å². The summed E-state index contributed by atoms with van der Waals surface area (Å²) in [5.74, 6) is 1.90. The van der Waals surface area contributed by atoms with Crippen molar-refractivity contribution in [2.24, 2.45) is 0 Å². The van der Waals surface area contributed by atoms with Crippen molar-refractivity contribution in [3.8, 4) is 22.9 Å². The lowest BCUT2D eigenvalue weighted by atomic mass is 10.1. The van der Waals surface area contributed by atoms with E-state index in [0.717, 1.165) is 16.3 Å². The Labute approximate surface area is 233 Å². The first-order chi connectivity index (χ1) is 18.9. The largest absolute Gasteiger partial charge is 0.497 e. The fraction of sp³-hybridized carbons (Fsp3) is 0.280. The van der Waals surface area contributed by atoms with Crippen molar-refractivity contribution in [2.75, 3.05) is 32.4 Å². The molecule has 39 heavy (non-hydrogen) atoms. The predicted octanol–water partition coefficient (Wildman–Crippen LogP) is 3.04. The number of hydrogen-bond acceptors (Lipinski definition) is 11. The fourth-order valence-electron chi connectivity index (χ4n) is 3.52. The molecule has 4 aromatic rings. The number of ether oxygens (including phenoxy) is 3. The molecule has 2 amide bonds. The quantitative estimate of drug-likeness (QED) is 0.244. The monoisotopic (exact) mass is 569 g/mol. The van der Waals surface area contributed by atoms with Crippen molar-refractivity contribution < 1.29 is 23.8 Å². The zero-order chi connectivity index (χ0) is 27.8. The van der Waals surface area contributed by atoms with Crippen LogP contribution in [-0.2, 0) is 22.6 Å². The van der Waals surface area contributed by atoms with Crippen LogP contribution in [0, 0.1) is 6.92 Å². The number of methoxy groups -OCH3 is 3. The van der Waals surface area contributed by atoms with E-state index >= 15 is 0 Å². The minimum atomic E-state index is -0.266. The predicted molar refractivity (Wildman–Crippen MR) is 147 cm³/mol. The average Bonchev–Trinajstić information content (AvgIpc) is 3.55. The van der Waals surface area contributed by atoms with Gasteiger partial charge in [0.15, 0.2) is 11.0 Å². The van der Waals surface area contributed by atoms with E-state index in [1.165, 1.54) is 23.1 Å². The third kappa shape index (κ3) is 7.23. The van der Waals surface area contributed by atoms with Crippen LogP contribution in [0.5, 0.6) is 17.2 Å². The fourth-order valence-corrected chi connectivity index (χ4v) is 4.89. The minimum Gasteiger partial charge on any atom is -0.497 e. The standard InChI is InChI=1S/C25H27N7O5S2/c1-15-28-30-24(39-15)27-23(34)14-38-25-31-29-21(32(25)19-12-18(36-3)9-10-20(19)37-4)13-26-22(33)11-16-5-7-17(35-2)8-6-16/h5-10,12H,11,13-14H2,1-4H3,(H,26,33)(H,27,30,34). The van der Waals surface area contributed by atoms with Gasteiger partial charge in [0.1, 0.15) is 22.3 Å². The summed E-state index contributed by atoms with van der Waals surface area (Å²) in [5, 5.41) is 23.7. The maximum Gasteiger partial charge on any atom is 0.236 e. The molecule has 0 aliphatic rings. The molecule has 12 nitrogen and oxygen atoms in total. The van der Waals surface area contributed by atoms with Gasteiger partial charge in [0, 0.05) is 6.07 Å². The molecule has 0 unspecified atom stereocenters. The maximum absolute atomic E-state index is 12.7. The topological polar surface area (TPSA) is 142 Å². The van der Waals surface area contributed by atoms with E-state index in [-0.39, 0.29) is 30.5 Å². The Kier molecular flexibility index (Phi) is 9.33. The highest BCUT2D eigenvalue weighted by Crippen LogP contribution is 2.32. The summed E-state index contributed by atoms with van der Waals surface area (Å²) in [5.41, 5.74) is 1.45. The summed E-state index contributed by atoms with van der Waals surface area (Å²) >= 11 is 2.47. The number of anilines is 1. The first kappa shape index (κ1) is 27.9. The number of carbonyl (C=O) groups is 2. The molecule has 0 bridgehead atoms. The summed E-state index contributed by atoms with van der Waals surface area (Å²) in [6.07, 6.45) is 0.188. The second-order valence-electron chi connectivity index (χ2n) is 8.04. The number of aromatic nitrogens is 5. The summed E-state index contributed by atoms with van der Waals surface area (Å²) in [7, 11) is 4.71. The van der Waals surface area contributed by atoms with Crippen molar-refractivity contribution in [3.05, 3.63) is 58.9 Å². The third-order valence-corrected chi connectivity index (χ3v) is 7.08. The lowest BCUT2D eigenvalue weighted by molar-refractivity contribution is -0.120. The highest BCUT2D eigenvalue weighted by molar-refractivity contribution is 7.99. The highest BCUT2D eigenvalue weighted by Gasteiger charge is 2.20. The second kappa shape index (κ2) is 13.1. The Hall–Kier alpha value is -4.17. The van der Waals surface area contributed by atoms with Gasteiger partial charge >= 0.3 is 0 Å². The van der Waals surface area contributed by atoms with Crippen LogP contribution in [0.1, 0.15) is 16.4 Å². The molecular formula is C25H27N7O5S2. The lowest BCUT2D eigenvalue weighted by Gasteiger charge is -2.15. The van der Waals surface area contributed by atoms with Gasteiger partial charge in [-0.05, 0) is 36.8 Å². The molecule has 2 aromatic heterocycles. The number of rotatable bonds is 12. The second-order valence-corrected chi connectivity index (χ2v) is 10.2. The Morgan fingerprint density at radius 2 is 1.67 bits per heavy atom. The van der Waals surface area contributed by atoms with Gasteiger partial charge in [-0.2, -0.15) is 0 Å². The SMILES string of the molecule is COc1ccc(CC(=O)NCc2nnc(SCC(=O)Nc3nnc(C)s3)n2-c2cc(OC)ccc2OC)cc1. The number of nitrogens with zero attached hydrogens (tertiary/aromatic N) is 5. The van der Waals surface area contributed by atoms with Crippen LogP contribution in [-0.4, -0.2) is 63.9 Å². The number of nitrogens with one attached hydrogen (secondary N) is 2. The molecule has 0 saturated heterocycles. The molecule has 0 fully saturated rings. The lowest BCUT2D eigenvalue weighted by Crippen LogP contribution is -2.26. The van der Waals surface area contributed by atoms with Crippen LogP contribution >= 0.6 is 23.1 Å². The van der Waals surface area contributed by atoms with Crippen molar-refractivity contribution in [2.45, 2.75) is 25.0 Å². The van der Waals surface area contributed by atoms with Gasteiger partial charge in [-0.25, -0.2) is 0 Å². The molecular weight excluding hydrogens is 542 g/mol. The van der Waals surface area contributed by atoms with Gasteiger partial charge in [-0.1, -0.05) is 35.2 Å². The average molecular weight is 570 g/mol. The maximum atomic E-state index is 12.7. The molecule has 0 aliphatic heterocycles. The number of amides is 2. The first-order valence-corrected chi connectivity index (χ1v) is 13.5. The van der Waals surface area contributed by atoms with Crippen molar-refractivity contribution in [3.63, 3.8) is 0 Å². The van der Waals surface area contributed by atoms with Gasteiger partial charge in [-0.15, -0.1) is 20.4 Å². The molecule has 2 aromatic carbocycles. The van der Waals surface area contributed by atoms with Crippen LogP contribution in [0.2, 0.25) is 0 Å². The summed E-state index contributed by atoms with van der Waals surface area (Å²) < 4.78 is 17.9. The van der Waals surface area contributed by atoms with Gasteiger partial charge in [0.2, 0.25) is 16.9 Å². The zero-order valence-electron chi connectivity index (χ0n) is 21.8. The Balaban J connectivity index is 1.53. The number of benzene rings is 2. The smallest absolute Gasteiger partial charge is 0.236 e. The molecule has 0 saturated carbocycles. The molecule has 0 atom stereocenters. The summed E-state index contributed by atoms with van der Waals surface area (Å²) in [6.45, 7) is 1.91. The van der Waals surface area contributed by atoms with Crippen LogP contribution in [0.15, 0.2) is 47.6 Å². The molecule has 2 heterocycles. The normalized spacial score (nSPS) is 10.7. The summed E-state index contributed by atoms with van der Waals surface area (Å²) in [4.78, 5) is 25.2. The van der Waals surface area contributed by atoms with Gasteiger partial charge in [0.05, 0.1) is 45.7 Å². The Morgan fingerprint density at radius 1 is 0.923 bits per heavy atom. The van der Waals surface area contributed by atoms with Crippen molar-refractivity contribution >= 4 is 40.0 Å². The van der Waals surface area contributed by atoms with Crippen LogP contribution < -0.4 is 24.8 Å². The molecule has 2 N–H and O–H groups in total. The van der Waals surface area contributed by atoms with E-state index in [4.69, 9.17) is 14.2 Å². The van der Waals surface area contributed by atoms with E-state index in [1.54, 1.807) is 56.2 Å². The minimum absolute atomic E-state index is 0.0485. The molecule has 0 radical (unpaired) electrons. The molecule has 0 aliphatic carbocycles. The summed E-state index contributed by atoms with van der Waals surface area (Å²) in [6, 6.07) is 12.6. The van der Waals surface area contributed by atoms with Crippen LogP contribution in [0.3, 0.4) is 0 Å². The Morgan fingerprint density at radius 3 is 2.33 bits per heavy atom. The van der Waals surface area contributed by atoms with Gasteiger partial charge in [-0.3, -0.25) is 19.5 Å². The number of carbonyl (C=O) groups excluding carboxylic acids is 2. The molecule has 204 valence electrons. The highest BCUT2D eigenvalue weighted by atomic mass is 32.2. The Bertz CT molecular complexity index is 1440. The van der Waals surface area contributed by atoms with Gasteiger partial charge < -0.3 is 19.5 Å². The van der Waals surface area contributed by atoms with E-state index < -0.39 is 0 Å². The van der Waals surface area contributed by atoms with Gasteiger partial charge in [0.25, 0.3) is 0 Å². The van der Waals surface area contributed by atoms with Crippen LogP contribution in [0.4, 0.5) is 5.13 Å². The van der Waals surface area contributed by atoms with E-state index in [9.17, 15) is 9.59 Å². The third-order valence-electron chi connectivity index (χ3n) is 5.40. The van der Waals surface area contributed by atoms with E-state index in [0.29, 0.717) is 33.3 Å². The molecule has 0 spiro atoms. The van der Waals surface area contributed by atoms with Crippen molar-refractivity contribution in [1.82, 2.24) is 30.3 Å². The van der Waals surface area contributed by atoms with E-state index in [1.807, 2.05) is 19.1 Å². The number of thioether (sulfide) groups is 1. The molecule has 14 heteroatoms. The first-order valence-electron chi connectivity index (χ1n) is 11.7. The van der Waals surface area contributed by atoms with E-state index in [2.05, 4.69) is 31.0 Å². The number of aryl methyl sites for hydroxylation is 1. The van der Waals surface area contributed by atoms with Crippen LogP contribution in [0.25, 0.3) is 5.69 Å².